The summed E-state index contributed by atoms with van der Waals surface area (Å²) in [6.45, 7) is 6.06. The Morgan fingerprint density at radius 1 is 1.11 bits per heavy atom. The van der Waals surface area contributed by atoms with Crippen molar-refractivity contribution in [1.29, 1.82) is 0 Å². The van der Waals surface area contributed by atoms with Crippen molar-refractivity contribution in [2.45, 2.75) is 27.3 Å². The SMILES string of the molecule is CCOC(=O)Cn1c(C)c(/C=N\NC(=O)c2ccccc2C)c2ccccc21. The molecule has 0 spiro atoms. The van der Waals surface area contributed by atoms with Gasteiger partial charge in [0.05, 0.1) is 12.8 Å². The van der Waals surface area contributed by atoms with Gasteiger partial charge in [0.2, 0.25) is 0 Å². The summed E-state index contributed by atoms with van der Waals surface area (Å²) in [5.41, 5.74) is 6.70. The second-order valence-electron chi connectivity index (χ2n) is 6.42. The molecular weight excluding hydrogens is 354 g/mol. The minimum atomic E-state index is -0.289. The molecule has 0 fully saturated rings. The third-order valence-electron chi connectivity index (χ3n) is 4.62. The van der Waals surface area contributed by atoms with Crippen LogP contribution in [0.1, 0.15) is 34.1 Å². The summed E-state index contributed by atoms with van der Waals surface area (Å²) >= 11 is 0. The van der Waals surface area contributed by atoms with Gasteiger partial charge in [-0.15, -0.1) is 0 Å². The molecule has 0 aliphatic heterocycles. The number of hydrazone groups is 1. The summed E-state index contributed by atoms with van der Waals surface area (Å²) in [7, 11) is 0. The summed E-state index contributed by atoms with van der Waals surface area (Å²) < 4.78 is 6.98. The van der Waals surface area contributed by atoms with E-state index < -0.39 is 0 Å². The third-order valence-corrected chi connectivity index (χ3v) is 4.62. The van der Waals surface area contributed by atoms with Crippen molar-refractivity contribution < 1.29 is 14.3 Å². The van der Waals surface area contributed by atoms with Crippen LogP contribution in [0.15, 0.2) is 53.6 Å². The quantitative estimate of drug-likeness (QED) is 0.405. The molecular formula is C22H23N3O3. The molecule has 1 heterocycles. The van der Waals surface area contributed by atoms with E-state index in [9.17, 15) is 9.59 Å². The van der Waals surface area contributed by atoms with Crippen LogP contribution in [0.5, 0.6) is 0 Å². The van der Waals surface area contributed by atoms with Crippen molar-refractivity contribution in [3.05, 3.63) is 70.9 Å². The van der Waals surface area contributed by atoms with E-state index in [2.05, 4.69) is 10.5 Å². The summed E-state index contributed by atoms with van der Waals surface area (Å²) in [6.07, 6.45) is 1.62. The van der Waals surface area contributed by atoms with Gasteiger partial charge in [-0.2, -0.15) is 5.10 Å². The Bertz CT molecular complexity index is 1050. The zero-order valence-corrected chi connectivity index (χ0v) is 16.2. The van der Waals surface area contributed by atoms with E-state index in [0.717, 1.165) is 27.7 Å². The molecule has 0 atom stereocenters. The van der Waals surface area contributed by atoms with Gasteiger partial charge in [-0.05, 0) is 38.5 Å². The number of para-hydroxylation sites is 1. The van der Waals surface area contributed by atoms with Gasteiger partial charge in [0.25, 0.3) is 5.91 Å². The molecule has 0 saturated heterocycles. The van der Waals surface area contributed by atoms with Crippen molar-refractivity contribution >= 4 is 29.0 Å². The third kappa shape index (κ3) is 3.96. The van der Waals surface area contributed by atoms with Gasteiger partial charge in [0, 0.05) is 27.7 Å². The van der Waals surface area contributed by atoms with E-state index in [-0.39, 0.29) is 18.4 Å². The first-order valence-electron chi connectivity index (χ1n) is 9.15. The highest BCUT2D eigenvalue weighted by molar-refractivity contribution is 6.02. The molecule has 0 radical (unpaired) electrons. The highest BCUT2D eigenvalue weighted by atomic mass is 16.5. The number of fused-ring (bicyclic) bond motifs is 1. The lowest BCUT2D eigenvalue weighted by atomic mass is 10.1. The highest BCUT2D eigenvalue weighted by Crippen LogP contribution is 2.24. The number of ether oxygens (including phenoxy) is 1. The smallest absolute Gasteiger partial charge is 0.325 e. The van der Waals surface area contributed by atoms with Crippen LogP contribution < -0.4 is 5.43 Å². The maximum atomic E-state index is 12.3. The Morgan fingerprint density at radius 2 is 1.82 bits per heavy atom. The molecule has 3 aromatic rings. The topological polar surface area (TPSA) is 72.7 Å². The van der Waals surface area contributed by atoms with Gasteiger partial charge in [0.1, 0.15) is 6.54 Å². The van der Waals surface area contributed by atoms with Crippen LogP contribution in [0, 0.1) is 13.8 Å². The predicted molar refractivity (Wildman–Crippen MR) is 110 cm³/mol. The molecule has 3 rings (SSSR count). The van der Waals surface area contributed by atoms with Crippen molar-refractivity contribution in [3.8, 4) is 0 Å². The number of nitrogens with zero attached hydrogens (tertiary/aromatic N) is 2. The van der Waals surface area contributed by atoms with Gasteiger partial charge in [-0.1, -0.05) is 36.4 Å². The van der Waals surface area contributed by atoms with Crippen molar-refractivity contribution in [2.24, 2.45) is 5.10 Å². The summed E-state index contributed by atoms with van der Waals surface area (Å²) in [4.78, 5) is 24.3. The Hall–Kier alpha value is -3.41. The molecule has 2 aromatic carbocycles. The minimum absolute atomic E-state index is 0.129. The van der Waals surface area contributed by atoms with Gasteiger partial charge in [0.15, 0.2) is 0 Å². The van der Waals surface area contributed by atoms with E-state index in [1.165, 1.54) is 0 Å². The van der Waals surface area contributed by atoms with Crippen LogP contribution in [0.25, 0.3) is 10.9 Å². The minimum Gasteiger partial charge on any atom is -0.465 e. The number of aromatic nitrogens is 1. The highest BCUT2D eigenvalue weighted by Gasteiger charge is 2.15. The number of carbonyl (C=O) groups excluding carboxylic acids is 2. The number of benzene rings is 2. The van der Waals surface area contributed by atoms with Crippen LogP contribution in [-0.2, 0) is 16.1 Å². The van der Waals surface area contributed by atoms with E-state index in [1.807, 2.05) is 60.9 Å². The number of nitrogens with one attached hydrogen (secondary N) is 1. The lowest BCUT2D eigenvalue weighted by Gasteiger charge is -2.07. The average Bonchev–Trinajstić information content (AvgIpc) is 2.94. The van der Waals surface area contributed by atoms with Crippen molar-refractivity contribution in [2.75, 3.05) is 6.61 Å². The molecule has 28 heavy (non-hydrogen) atoms. The molecule has 0 aliphatic carbocycles. The number of hydrogen-bond donors (Lipinski definition) is 1. The van der Waals surface area contributed by atoms with Gasteiger partial charge in [-0.25, -0.2) is 5.43 Å². The normalized spacial score (nSPS) is 11.1. The van der Waals surface area contributed by atoms with Crippen LogP contribution in [0.4, 0.5) is 0 Å². The van der Waals surface area contributed by atoms with E-state index in [4.69, 9.17) is 4.74 Å². The molecule has 1 N–H and O–H groups in total. The van der Waals surface area contributed by atoms with E-state index in [1.54, 1.807) is 19.2 Å². The molecule has 0 saturated carbocycles. The Morgan fingerprint density at radius 3 is 2.57 bits per heavy atom. The second-order valence-corrected chi connectivity index (χ2v) is 6.42. The van der Waals surface area contributed by atoms with Crippen LogP contribution in [-0.4, -0.2) is 29.3 Å². The summed E-state index contributed by atoms with van der Waals surface area (Å²) in [5, 5.41) is 5.10. The maximum absolute atomic E-state index is 12.3. The molecule has 6 nitrogen and oxygen atoms in total. The van der Waals surface area contributed by atoms with E-state index >= 15 is 0 Å². The second kappa shape index (κ2) is 8.52. The van der Waals surface area contributed by atoms with E-state index in [0.29, 0.717) is 12.2 Å². The lowest BCUT2D eigenvalue weighted by Crippen LogP contribution is -2.18. The Labute approximate surface area is 163 Å². The van der Waals surface area contributed by atoms with Crippen molar-refractivity contribution in [1.82, 2.24) is 9.99 Å². The first kappa shape index (κ1) is 19.4. The number of carbonyl (C=O) groups is 2. The van der Waals surface area contributed by atoms with Crippen LogP contribution >= 0.6 is 0 Å². The molecule has 6 heteroatoms. The maximum Gasteiger partial charge on any atom is 0.325 e. The van der Waals surface area contributed by atoms with Gasteiger partial charge in [-0.3, -0.25) is 9.59 Å². The van der Waals surface area contributed by atoms with Crippen LogP contribution in [0.2, 0.25) is 0 Å². The number of hydrogen-bond acceptors (Lipinski definition) is 4. The molecule has 0 bridgehead atoms. The molecule has 144 valence electrons. The fraction of sp³-hybridized carbons (Fsp3) is 0.227. The molecule has 0 unspecified atom stereocenters. The first-order valence-corrected chi connectivity index (χ1v) is 9.15. The average molecular weight is 377 g/mol. The molecule has 0 aliphatic rings. The fourth-order valence-corrected chi connectivity index (χ4v) is 3.20. The number of amides is 1. The van der Waals surface area contributed by atoms with Gasteiger partial charge < -0.3 is 9.30 Å². The molecule has 1 amide bonds. The number of aryl methyl sites for hydroxylation is 1. The molecule has 1 aromatic heterocycles. The van der Waals surface area contributed by atoms with Crippen LogP contribution in [0.3, 0.4) is 0 Å². The number of esters is 1. The number of rotatable bonds is 6. The fourth-order valence-electron chi connectivity index (χ4n) is 3.20. The summed E-state index contributed by atoms with van der Waals surface area (Å²) in [5.74, 6) is -0.551. The zero-order chi connectivity index (χ0) is 20.1. The Kier molecular flexibility index (Phi) is 5.89. The first-order chi connectivity index (χ1) is 13.5. The largest absolute Gasteiger partial charge is 0.465 e. The predicted octanol–water partition coefficient (Wildman–Crippen LogP) is 3.59. The standard InChI is InChI=1S/C22H23N3O3/c1-4-28-21(26)14-25-16(3)19(18-11-7-8-12-20(18)25)13-23-24-22(27)17-10-6-5-9-15(17)2/h5-13H,4,14H2,1-3H3,(H,24,27)/b23-13-. The monoisotopic (exact) mass is 377 g/mol. The summed E-state index contributed by atoms with van der Waals surface area (Å²) in [6, 6.07) is 15.1. The zero-order valence-electron chi connectivity index (χ0n) is 16.2. The lowest BCUT2D eigenvalue weighted by molar-refractivity contribution is -0.143. The van der Waals surface area contributed by atoms with Gasteiger partial charge >= 0.3 is 5.97 Å². The Balaban J connectivity index is 1.88. The van der Waals surface area contributed by atoms with Crippen molar-refractivity contribution in [3.63, 3.8) is 0 Å².